The Morgan fingerprint density at radius 2 is 1.95 bits per heavy atom. The molecule has 4 nitrogen and oxygen atoms in total. The number of sulfonamides is 1. The van der Waals surface area contributed by atoms with Gasteiger partial charge in [-0.2, -0.15) is 4.31 Å². The first-order valence-corrected chi connectivity index (χ1v) is 8.06. The summed E-state index contributed by atoms with van der Waals surface area (Å²) in [4.78, 5) is 4.22. The van der Waals surface area contributed by atoms with Crippen LogP contribution in [0.2, 0.25) is 10.0 Å². The maximum atomic E-state index is 12.6. The van der Waals surface area contributed by atoms with Gasteiger partial charge in [0.1, 0.15) is 4.90 Å². The van der Waals surface area contributed by atoms with E-state index in [2.05, 4.69) is 4.98 Å². The molecule has 104 valence electrons. The minimum atomic E-state index is -3.68. The molecule has 1 aromatic heterocycles. The van der Waals surface area contributed by atoms with Gasteiger partial charge < -0.3 is 0 Å². The Kier molecular flexibility index (Phi) is 3.46. The summed E-state index contributed by atoms with van der Waals surface area (Å²) < 4.78 is 26.6. The number of halogens is 2. The largest absolute Gasteiger partial charge is 0.260 e. The van der Waals surface area contributed by atoms with Crippen LogP contribution in [0.15, 0.2) is 41.4 Å². The van der Waals surface area contributed by atoms with E-state index in [1.807, 2.05) is 6.07 Å². The zero-order chi connectivity index (χ0) is 14.3. The monoisotopic (exact) mass is 328 g/mol. The highest BCUT2D eigenvalue weighted by molar-refractivity contribution is 7.89. The molecule has 0 aliphatic carbocycles. The predicted octanol–water partition coefficient (Wildman–Crippen LogP) is 3.09. The van der Waals surface area contributed by atoms with Crippen molar-refractivity contribution in [2.45, 2.75) is 18.0 Å². The molecule has 0 radical (unpaired) electrons. The Morgan fingerprint density at radius 3 is 2.70 bits per heavy atom. The fourth-order valence-electron chi connectivity index (χ4n) is 2.15. The van der Waals surface area contributed by atoms with Crippen molar-refractivity contribution in [1.29, 1.82) is 0 Å². The molecule has 0 amide bonds. The second-order valence-electron chi connectivity index (χ2n) is 4.46. The number of aromatic nitrogens is 1. The van der Waals surface area contributed by atoms with Crippen LogP contribution >= 0.6 is 23.2 Å². The number of hydrogen-bond donors (Lipinski definition) is 0. The molecule has 0 spiro atoms. The first kappa shape index (κ1) is 13.8. The van der Waals surface area contributed by atoms with Crippen LogP contribution in [0.4, 0.5) is 0 Å². The molecule has 2 aromatic rings. The highest BCUT2D eigenvalue weighted by Crippen LogP contribution is 2.32. The summed E-state index contributed by atoms with van der Waals surface area (Å²) in [6, 6.07) is 8.08. The Bertz CT molecular complexity index is 753. The summed E-state index contributed by atoms with van der Waals surface area (Å²) in [7, 11) is -3.68. The Balaban J connectivity index is 2.01. The lowest BCUT2D eigenvalue weighted by Crippen LogP contribution is -2.26. The minimum Gasteiger partial charge on any atom is -0.260 e. The molecular weight excluding hydrogens is 319 g/mol. The lowest BCUT2D eigenvalue weighted by atomic mass is 10.2. The standard InChI is InChI=1S/C13H10Cl2N2O2S/c14-10-3-4-11(15)13(6-10)20(18,19)17-7-9-2-1-5-16-12(9)8-17/h1-6H,7-8H2. The Labute approximate surface area is 127 Å². The van der Waals surface area contributed by atoms with Gasteiger partial charge in [-0.25, -0.2) is 8.42 Å². The second kappa shape index (κ2) is 5.00. The lowest BCUT2D eigenvalue weighted by molar-refractivity contribution is 0.430. The molecule has 0 atom stereocenters. The number of pyridine rings is 1. The van der Waals surface area contributed by atoms with E-state index in [9.17, 15) is 8.42 Å². The van der Waals surface area contributed by atoms with Crippen LogP contribution in [0.1, 0.15) is 11.3 Å². The molecule has 0 saturated carbocycles. The average molecular weight is 329 g/mol. The van der Waals surface area contributed by atoms with E-state index < -0.39 is 10.0 Å². The summed E-state index contributed by atoms with van der Waals surface area (Å²) in [5, 5.41) is 0.501. The van der Waals surface area contributed by atoms with Gasteiger partial charge in [0.15, 0.2) is 0 Å². The van der Waals surface area contributed by atoms with E-state index >= 15 is 0 Å². The Morgan fingerprint density at radius 1 is 1.15 bits per heavy atom. The van der Waals surface area contributed by atoms with Gasteiger partial charge in [-0.15, -0.1) is 0 Å². The van der Waals surface area contributed by atoms with Gasteiger partial charge in [-0.3, -0.25) is 4.98 Å². The summed E-state index contributed by atoms with van der Waals surface area (Å²) in [5.74, 6) is 0. The van der Waals surface area contributed by atoms with Crippen LogP contribution in [-0.2, 0) is 23.1 Å². The first-order valence-electron chi connectivity index (χ1n) is 5.86. The maximum absolute atomic E-state index is 12.6. The Hall–Kier alpha value is -1.14. The van der Waals surface area contributed by atoms with Gasteiger partial charge in [-0.05, 0) is 29.8 Å². The third kappa shape index (κ3) is 2.31. The van der Waals surface area contributed by atoms with Crippen LogP contribution in [0, 0.1) is 0 Å². The van der Waals surface area contributed by atoms with Crippen LogP contribution in [0.25, 0.3) is 0 Å². The number of benzene rings is 1. The molecule has 0 saturated heterocycles. The third-order valence-electron chi connectivity index (χ3n) is 3.17. The summed E-state index contributed by atoms with van der Waals surface area (Å²) in [6.07, 6.45) is 1.65. The smallest absolute Gasteiger partial charge is 0.245 e. The lowest BCUT2D eigenvalue weighted by Gasteiger charge is -2.16. The van der Waals surface area contributed by atoms with Crippen molar-refractivity contribution in [3.05, 3.63) is 57.8 Å². The molecule has 1 aliphatic heterocycles. The molecule has 1 aromatic carbocycles. The molecule has 0 unspecified atom stereocenters. The molecular formula is C13H10Cl2N2O2S. The van der Waals surface area contributed by atoms with Crippen molar-refractivity contribution in [2.75, 3.05) is 0 Å². The molecule has 2 heterocycles. The molecule has 20 heavy (non-hydrogen) atoms. The summed E-state index contributed by atoms with van der Waals surface area (Å²) in [5.41, 5.74) is 1.68. The normalized spacial score (nSPS) is 15.3. The van der Waals surface area contributed by atoms with Crippen molar-refractivity contribution in [3.63, 3.8) is 0 Å². The van der Waals surface area contributed by atoms with E-state index in [4.69, 9.17) is 23.2 Å². The number of hydrogen-bond acceptors (Lipinski definition) is 3. The molecule has 1 aliphatic rings. The van der Waals surface area contributed by atoms with Crippen LogP contribution in [-0.4, -0.2) is 17.7 Å². The fraction of sp³-hybridized carbons (Fsp3) is 0.154. The quantitative estimate of drug-likeness (QED) is 0.851. The highest BCUT2D eigenvalue weighted by atomic mass is 35.5. The van der Waals surface area contributed by atoms with Crippen molar-refractivity contribution < 1.29 is 8.42 Å². The first-order chi connectivity index (χ1) is 9.48. The van der Waals surface area contributed by atoms with Crippen molar-refractivity contribution in [1.82, 2.24) is 9.29 Å². The van der Waals surface area contributed by atoms with E-state index in [0.717, 1.165) is 11.3 Å². The van der Waals surface area contributed by atoms with E-state index in [1.165, 1.54) is 16.4 Å². The van der Waals surface area contributed by atoms with Gasteiger partial charge >= 0.3 is 0 Å². The number of fused-ring (bicyclic) bond motifs is 1. The van der Waals surface area contributed by atoms with Gasteiger partial charge in [-0.1, -0.05) is 29.3 Å². The minimum absolute atomic E-state index is 0.0273. The zero-order valence-electron chi connectivity index (χ0n) is 10.3. The summed E-state index contributed by atoms with van der Waals surface area (Å²) in [6.45, 7) is 0.551. The number of nitrogens with zero attached hydrogens (tertiary/aromatic N) is 2. The van der Waals surface area contributed by atoms with E-state index in [-0.39, 0.29) is 16.5 Å². The van der Waals surface area contributed by atoms with Gasteiger partial charge in [0.2, 0.25) is 10.0 Å². The third-order valence-corrected chi connectivity index (χ3v) is 5.68. The molecule has 0 N–H and O–H groups in total. The molecule has 3 rings (SSSR count). The van der Waals surface area contributed by atoms with E-state index in [1.54, 1.807) is 18.3 Å². The fourth-order valence-corrected chi connectivity index (χ4v) is 4.27. The van der Waals surface area contributed by atoms with Crippen molar-refractivity contribution in [3.8, 4) is 0 Å². The predicted molar refractivity (Wildman–Crippen MR) is 77.1 cm³/mol. The SMILES string of the molecule is O=S(=O)(c1cc(Cl)ccc1Cl)N1Cc2cccnc2C1. The number of rotatable bonds is 2. The topological polar surface area (TPSA) is 50.3 Å². The van der Waals surface area contributed by atoms with Crippen molar-refractivity contribution in [2.24, 2.45) is 0 Å². The molecule has 7 heteroatoms. The average Bonchev–Trinajstić information content (AvgIpc) is 2.86. The second-order valence-corrected chi connectivity index (χ2v) is 7.21. The molecule has 0 bridgehead atoms. The van der Waals surface area contributed by atoms with E-state index in [0.29, 0.717) is 11.6 Å². The van der Waals surface area contributed by atoms with Gasteiger partial charge in [0.05, 0.1) is 17.3 Å². The maximum Gasteiger partial charge on any atom is 0.245 e. The van der Waals surface area contributed by atoms with Gasteiger partial charge in [0, 0.05) is 17.8 Å². The van der Waals surface area contributed by atoms with Crippen LogP contribution in [0.3, 0.4) is 0 Å². The highest BCUT2D eigenvalue weighted by Gasteiger charge is 2.32. The molecule has 0 fully saturated rings. The van der Waals surface area contributed by atoms with Gasteiger partial charge in [0.25, 0.3) is 0 Å². The summed E-state index contributed by atoms with van der Waals surface area (Å²) >= 11 is 11.9. The zero-order valence-corrected chi connectivity index (χ0v) is 12.6. The van der Waals surface area contributed by atoms with Crippen molar-refractivity contribution >= 4 is 33.2 Å². The van der Waals surface area contributed by atoms with Crippen LogP contribution < -0.4 is 0 Å². The van der Waals surface area contributed by atoms with Crippen LogP contribution in [0.5, 0.6) is 0 Å².